The van der Waals surface area contributed by atoms with Crippen LogP contribution in [-0.4, -0.2) is 49.3 Å². The van der Waals surface area contributed by atoms with Gasteiger partial charge in [0.25, 0.3) is 5.91 Å². The summed E-state index contributed by atoms with van der Waals surface area (Å²) in [6.07, 6.45) is 2.19. The lowest BCUT2D eigenvalue weighted by molar-refractivity contribution is -0.123. The van der Waals surface area contributed by atoms with Crippen LogP contribution in [0.5, 0.6) is 0 Å². The van der Waals surface area contributed by atoms with Gasteiger partial charge in [0.2, 0.25) is 5.91 Å². The van der Waals surface area contributed by atoms with Crippen LogP contribution in [0.4, 0.5) is 0 Å². The maximum Gasteiger partial charge on any atom is 0.251 e. The summed E-state index contributed by atoms with van der Waals surface area (Å²) in [7, 11) is 0. The van der Waals surface area contributed by atoms with E-state index in [2.05, 4.69) is 22.8 Å². The van der Waals surface area contributed by atoms with Crippen LogP contribution < -0.4 is 10.6 Å². The van der Waals surface area contributed by atoms with Crippen LogP contribution in [0.1, 0.15) is 34.3 Å². The lowest BCUT2D eigenvalue weighted by Crippen LogP contribution is -2.47. The zero-order valence-corrected chi connectivity index (χ0v) is 16.8. The highest BCUT2D eigenvalue weighted by Crippen LogP contribution is 2.31. The van der Waals surface area contributed by atoms with Crippen molar-refractivity contribution in [3.05, 3.63) is 71.3 Å². The fraction of sp³-hybridized carbons (Fsp3) is 0.417. The molecule has 6 nitrogen and oxygen atoms in total. The quantitative estimate of drug-likeness (QED) is 0.770. The van der Waals surface area contributed by atoms with Gasteiger partial charge < -0.3 is 20.1 Å². The Morgan fingerprint density at radius 2 is 1.47 bits per heavy atom. The summed E-state index contributed by atoms with van der Waals surface area (Å²) >= 11 is 0. The average Bonchev–Trinajstić information content (AvgIpc) is 3.44. The van der Waals surface area contributed by atoms with Gasteiger partial charge in [-0.1, -0.05) is 48.5 Å². The second-order valence-corrected chi connectivity index (χ2v) is 8.38. The van der Waals surface area contributed by atoms with Crippen LogP contribution in [0.3, 0.4) is 0 Å². The summed E-state index contributed by atoms with van der Waals surface area (Å²) in [5.74, 6) is 0.127. The molecule has 2 heterocycles. The summed E-state index contributed by atoms with van der Waals surface area (Å²) in [4.78, 5) is 25.2. The van der Waals surface area contributed by atoms with Crippen molar-refractivity contribution in [2.75, 3.05) is 13.2 Å². The Balaban J connectivity index is 1.24. The van der Waals surface area contributed by atoms with Gasteiger partial charge in [-0.05, 0) is 36.5 Å². The van der Waals surface area contributed by atoms with E-state index in [-0.39, 0.29) is 42.0 Å². The van der Waals surface area contributed by atoms with Gasteiger partial charge in [-0.15, -0.1) is 0 Å². The van der Waals surface area contributed by atoms with Crippen molar-refractivity contribution in [3.63, 3.8) is 0 Å². The van der Waals surface area contributed by atoms with Crippen LogP contribution >= 0.6 is 0 Å². The first kappa shape index (κ1) is 19.3. The summed E-state index contributed by atoms with van der Waals surface area (Å²) in [5.41, 5.74) is 2.82. The number of hydrogen-bond donors (Lipinski definition) is 2. The maximum atomic E-state index is 13.1. The van der Waals surface area contributed by atoms with Crippen LogP contribution in [0.25, 0.3) is 0 Å². The first-order valence-electron chi connectivity index (χ1n) is 10.7. The Hall–Kier alpha value is -2.70. The molecule has 30 heavy (non-hydrogen) atoms. The monoisotopic (exact) mass is 406 g/mol. The molecule has 2 amide bonds. The molecular formula is C24H26N2O4. The van der Waals surface area contributed by atoms with E-state index in [9.17, 15) is 9.59 Å². The van der Waals surface area contributed by atoms with Crippen molar-refractivity contribution in [3.8, 4) is 0 Å². The highest BCUT2D eigenvalue weighted by atomic mass is 16.6. The standard InChI is InChI=1S/C24H26N2O4/c27-23(16-10-11-16)25-19-13-29-22-20(14-30-21(19)22)26-24(28)18-9-5-4-8-17(18)12-15-6-2-1-3-7-15/h1-9,16,19-22H,10-14H2,(H,25,27)(H,26,28)/t19-,20?,21+,22+/m0/s1. The predicted octanol–water partition coefficient (Wildman–Crippen LogP) is 2.07. The third-order valence-corrected chi connectivity index (χ3v) is 6.15. The molecule has 2 saturated heterocycles. The van der Waals surface area contributed by atoms with Gasteiger partial charge in [0, 0.05) is 11.5 Å². The Labute approximate surface area is 176 Å². The molecule has 1 unspecified atom stereocenters. The fourth-order valence-electron chi connectivity index (χ4n) is 4.35. The van der Waals surface area contributed by atoms with Gasteiger partial charge >= 0.3 is 0 Å². The number of rotatable bonds is 6. The van der Waals surface area contributed by atoms with E-state index >= 15 is 0 Å². The van der Waals surface area contributed by atoms with Crippen LogP contribution in [0.2, 0.25) is 0 Å². The van der Waals surface area contributed by atoms with Gasteiger partial charge in [-0.2, -0.15) is 0 Å². The molecule has 5 rings (SSSR count). The van der Waals surface area contributed by atoms with Gasteiger partial charge in [0.15, 0.2) is 0 Å². The van der Waals surface area contributed by atoms with E-state index in [1.54, 1.807) is 0 Å². The van der Waals surface area contributed by atoms with Crippen molar-refractivity contribution in [2.24, 2.45) is 5.92 Å². The van der Waals surface area contributed by atoms with E-state index in [1.807, 2.05) is 42.5 Å². The van der Waals surface area contributed by atoms with Crippen molar-refractivity contribution in [1.29, 1.82) is 0 Å². The number of hydrogen-bond acceptors (Lipinski definition) is 4. The number of amides is 2. The minimum Gasteiger partial charge on any atom is -0.371 e. The molecule has 3 aliphatic rings. The van der Waals surface area contributed by atoms with Gasteiger partial charge in [-0.25, -0.2) is 0 Å². The average molecular weight is 406 g/mol. The molecule has 156 valence electrons. The van der Waals surface area contributed by atoms with Crippen molar-refractivity contribution in [2.45, 2.75) is 43.6 Å². The van der Waals surface area contributed by atoms with E-state index in [0.29, 0.717) is 25.2 Å². The molecule has 1 saturated carbocycles. The largest absolute Gasteiger partial charge is 0.371 e. The summed E-state index contributed by atoms with van der Waals surface area (Å²) < 4.78 is 11.8. The molecule has 0 spiro atoms. The van der Waals surface area contributed by atoms with Crippen molar-refractivity contribution >= 4 is 11.8 Å². The third-order valence-electron chi connectivity index (χ3n) is 6.15. The van der Waals surface area contributed by atoms with Gasteiger partial charge in [0.1, 0.15) is 12.2 Å². The SMILES string of the molecule is O=C(NC1CO[C@@H]2[C@@H](NC(=O)C3CC3)CO[C@H]12)c1ccccc1Cc1ccccc1. The second kappa shape index (κ2) is 8.20. The summed E-state index contributed by atoms with van der Waals surface area (Å²) in [6, 6.07) is 17.4. The highest BCUT2D eigenvalue weighted by Gasteiger charge is 2.49. The van der Waals surface area contributed by atoms with E-state index in [0.717, 1.165) is 24.0 Å². The van der Waals surface area contributed by atoms with E-state index in [1.165, 1.54) is 0 Å². The predicted molar refractivity (Wildman–Crippen MR) is 111 cm³/mol. The van der Waals surface area contributed by atoms with Crippen molar-refractivity contribution in [1.82, 2.24) is 10.6 Å². The summed E-state index contributed by atoms with van der Waals surface area (Å²) in [5, 5.41) is 6.15. The van der Waals surface area contributed by atoms with Crippen LogP contribution in [0, 0.1) is 5.92 Å². The van der Waals surface area contributed by atoms with Gasteiger partial charge in [0.05, 0.1) is 25.3 Å². The Morgan fingerprint density at radius 3 is 2.17 bits per heavy atom. The topological polar surface area (TPSA) is 76.7 Å². The second-order valence-electron chi connectivity index (χ2n) is 8.38. The number of benzene rings is 2. The molecule has 2 N–H and O–H groups in total. The fourth-order valence-corrected chi connectivity index (χ4v) is 4.35. The third kappa shape index (κ3) is 3.98. The molecule has 0 radical (unpaired) electrons. The minimum atomic E-state index is -0.236. The van der Waals surface area contributed by atoms with Crippen LogP contribution in [0.15, 0.2) is 54.6 Å². The van der Waals surface area contributed by atoms with E-state index in [4.69, 9.17) is 9.47 Å². The first-order chi connectivity index (χ1) is 14.7. The lowest BCUT2D eigenvalue weighted by atomic mass is 9.98. The molecule has 0 aromatic heterocycles. The molecule has 2 aromatic carbocycles. The molecule has 3 fully saturated rings. The number of nitrogens with one attached hydrogen (secondary N) is 2. The molecule has 0 bridgehead atoms. The minimum absolute atomic E-state index is 0.0928. The molecule has 2 aromatic rings. The maximum absolute atomic E-state index is 13.1. The molecule has 2 aliphatic heterocycles. The lowest BCUT2D eigenvalue weighted by Gasteiger charge is -2.19. The number of carbonyl (C=O) groups is 2. The Bertz CT molecular complexity index is 928. The molecule has 1 aliphatic carbocycles. The number of ether oxygens (including phenoxy) is 2. The van der Waals surface area contributed by atoms with Crippen molar-refractivity contribution < 1.29 is 19.1 Å². The zero-order chi connectivity index (χ0) is 20.5. The Morgan fingerprint density at radius 1 is 0.833 bits per heavy atom. The normalized spacial score (nSPS) is 27.5. The smallest absolute Gasteiger partial charge is 0.251 e. The summed E-state index contributed by atoms with van der Waals surface area (Å²) in [6.45, 7) is 0.808. The molecule has 4 atom stereocenters. The Kier molecular flexibility index (Phi) is 5.27. The number of fused-ring (bicyclic) bond motifs is 1. The molecular weight excluding hydrogens is 380 g/mol. The first-order valence-corrected chi connectivity index (χ1v) is 10.7. The van der Waals surface area contributed by atoms with Gasteiger partial charge in [-0.3, -0.25) is 9.59 Å². The number of carbonyl (C=O) groups excluding carboxylic acids is 2. The van der Waals surface area contributed by atoms with Crippen LogP contribution in [-0.2, 0) is 20.7 Å². The molecule has 6 heteroatoms. The highest BCUT2D eigenvalue weighted by molar-refractivity contribution is 5.96. The van der Waals surface area contributed by atoms with E-state index < -0.39 is 0 Å². The zero-order valence-electron chi connectivity index (χ0n) is 16.8.